The van der Waals surface area contributed by atoms with Crippen LogP contribution in [0.1, 0.15) is 5.56 Å². The summed E-state index contributed by atoms with van der Waals surface area (Å²) in [5.74, 6) is 0. The number of hydrogen-bond donors (Lipinski definition) is 1. The second kappa shape index (κ2) is 3.40. The van der Waals surface area contributed by atoms with Crippen LogP contribution in [-0.4, -0.2) is 13.4 Å². The Morgan fingerprint density at radius 1 is 1.33 bits per heavy atom. The zero-order valence-electron chi connectivity index (χ0n) is 7.71. The van der Waals surface area contributed by atoms with Gasteiger partial charge in [-0.2, -0.15) is 0 Å². The number of aryl methyl sites for hydroxylation is 1. The lowest BCUT2D eigenvalue weighted by atomic mass is 10.2. The second-order valence-corrected chi connectivity index (χ2v) is 6.12. The third-order valence-corrected chi connectivity index (χ3v) is 4.04. The molecule has 0 amide bonds. The Labute approximate surface area is 96.4 Å². The molecule has 2 aromatic rings. The highest BCUT2D eigenvalue weighted by Gasteiger charge is 2.18. The molecule has 2 rings (SSSR count). The van der Waals surface area contributed by atoms with Crippen LogP contribution < -0.4 is 0 Å². The Morgan fingerprint density at radius 3 is 2.60 bits per heavy atom. The van der Waals surface area contributed by atoms with Gasteiger partial charge < -0.3 is 4.98 Å². The van der Waals surface area contributed by atoms with E-state index in [9.17, 15) is 8.42 Å². The van der Waals surface area contributed by atoms with Crippen LogP contribution in [0.5, 0.6) is 0 Å². The lowest BCUT2D eigenvalue weighted by Crippen LogP contribution is -1.89. The number of nitrogens with one attached hydrogen (secondary N) is 1. The second-order valence-electron chi connectivity index (χ2n) is 3.21. The summed E-state index contributed by atoms with van der Waals surface area (Å²) in [6.07, 6.45) is 1.35. The predicted molar refractivity (Wildman–Crippen MR) is 61.1 cm³/mol. The van der Waals surface area contributed by atoms with E-state index in [-0.39, 0.29) is 4.90 Å². The third-order valence-electron chi connectivity index (χ3n) is 2.20. The molecule has 0 saturated heterocycles. The molecule has 0 aliphatic rings. The van der Waals surface area contributed by atoms with Gasteiger partial charge in [-0.05, 0) is 18.6 Å². The van der Waals surface area contributed by atoms with Crippen molar-refractivity contribution in [2.45, 2.75) is 11.8 Å². The summed E-state index contributed by atoms with van der Waals surface area (Å²) in [4.78, 5) is 2.84. The molecule has 0 spiro atoms. The van der Waals surface area contributed by atoms with Crippen molar-refractivity contribution in [1.29, 1.82) is 0 Å². The standard InChI is InChI=1S/C9H7Cl2NO2S/c1-5-2-3-6-8(9(5)10)7(4-12-6)15(11,13)14/h2-4,12H,1H3. The quantitative estimate of drug-likeness (QED) is 0.805. The van der Waals surface area contributed by atoms with Gasteiger partial charge in [0.05, 0.1) is 5.02 Å². The number of H-pyrrole nitrogens is 1. The van der Waals surface area contributed by atoms with Gasteiger partial charge in [-0.15, -0.1) is 0 Å². The normalized spacial score (nSPS) is 12.2. The first kappa shape index (κ1) is 10.8. The van der Waals surface area contributed by atoms with Crippen molar-refractivity contribution in [2.75, 3.05) is 0 Å². The van der Waals surface area contributed by atoms with Gasteiger partial charge in [0, 0.05) is 27.8 Å². The summed E-state index contributed by atoms with van der Waals surface area (Å²) in [5.41, 5.74) is 1.47. The fourth-order valence-electron chi connectivity index (χ4n) is 1.45. The SMILES string of the molecule is Cc1ccc2[nH]cc(S(=O)(=O)Cl)c2c1Cl. The van der Waals surface area contributed by atoms with Gasteiger partial charge >= 0.3 is 0 Å². The fraction of sp³-hybridized carbons (Fsp3) is 0.111. The highest BCUT2D eigenvalue weighted by molar-refractivity contribution is 8.14. The van der Waals surface area contributed by atoms with Crippen molar-refractivity contribution in [1.82, 2.24) is 4.98 Å². The number of rotatable bonds is 1. The van der Waals surface area contributed by atoms with Gasteiger partial charge in [-0.3, -0.25) is 0 Å². The number of aromatic amines is 1. The molecule has 1 aromatic heterocycles. The molecule has 1 N–H and O–H groups in total. The first-order valence-electron chi connectivity index (χ1n) is 4.12. The van der Waals surface area contributed by atoms with E-state index in [1.165, 1.54) is 6.20 Å². The van der Waals surface area contributed by atoms with Gasteiger partial charge in [0.1, 0.15) is 4.90 Å². The maximum Gasteiger partial charge on any atom is 0.263 e. The van der Waals surface area contributed by atoms with Crippen molar-refractivity contribution in [2.24, 2.45) is 0 Å². The molecule has 15 heavy (non-hydrogen) atoms. The molecule has 0 bridgehead atoms. The zero-order chi connectivity index (χ0) is 11.2. The van der Waals surface area contributed by atoms with Crippen LogP contribution in [0, 0.1) is 6.92 Å². The van der Waals surface area contributed by atoms with E-state index in [4.69, 9.17) is 22.3 Å². The number of halogens is 2. The first-order chi connectivity index (χ1) is 6.91. The van der Waals surface area contributed by atoms with Crippen LogP contribution in [0.15, 0.2) is 23.2 Å². The Bertz CT molecular complexity index is 631. The van der Waals surface area contributed by atoms with Crippen molar-refractivity contribution in [3.63, 3.8) is 0 Å². The zero-order valence-corrected chi connectivity index (χ0v) is 10.0. The van der Waals surface area contributed by atoms with E-state index >= 15 is 0 Å². The van der Waals surface area contributed by atoms with Crippen LogP contribution in [0.3, 0.4) is 0 Å². The summed E-state index contributed by atoms with van der Waals surface area (Å²) in [7, 11) is 1.53. The van der Waals surface area contributed by atoms with Crippen molar-refractivity contribution < 1.29 is 8.42 Å². The molecule has 0 fully saturated rings. The fourth-order valence-corrected chi connectivity index (χ4v) is 2.79. The Kier molecular flexibility index (Phi) is 2.45. The smallest absolute Gasteiger partial charge is 0.263 e. The largest absolute Gasteiger partial charge is 0.360 e. The van der Waals surface area contributed by atoms with Crippen LogP contribution in [0.25, 0.3) is 10.9 Å². The molecule has 0 aliphatic heterocycles. The molecule has 3 nitrogen and oxygen atoms in total. The van der Waals surface area contributed by atoms with E-state index in [0.29, 0.717) is 15.9 Å². The highest BCUT2D eigenvalue weighted by Crippen LogP contribution is 2.33. The topological polar surface area (TPSA) is 49.9 Å². The van der Waals surface area contributed by atoms with Gasteiger partial charge in [0.2, 0.25) is 0 Å². The van der Waals surface area contributed by atoms with Crippen LogP contribution >= 0.6 is 22.3 Å². The van der Waals surface area contributed by atoms with Gasteiger partial charge in [0.15, 0.2) is 0 Å². The summed E-state index contributed by atoms with van der Waals surface area (Å²) >= 11 is 6.04. The number of fused-ring (bicyclic) bond motifs is 1. The molecule has 0 radical (unpaired) electrons. The lowest BCUT2D eigenvalue weighted by molar-refractivity contribution is 0.610. The lowest BCUT2D eigenvalue weighted by Gasteiger charge is -2.00. The van der Waals surface area contributed by atoms with Crippen molar-refractivity contribution in [3.05, 3.63) is 28.9 Å². The predicted octanol–water partition coefficient (Wildman–Crippen LogP) is 3.06. The molecule has 1 heterocycles. The maximum absolute atomic E-state index is 11.3. The maximum atomic E-state index is 11.3. The van der Waals surface area contributed by atoms with Gasteiger partial charge in [0.25, 0.3) is 9.05 Å². The number of hydrogen-bond acceptors (Lipinski definition) is 2. The van der Waals surface area contributed by atoms with Gasteiger partial charge in [-0.1, -0.05) is 17.7 Å². The number of aromatic nitrogens is 1. The summed E-state index contributed by atoms with van der Waals surface area (Å²) in [6.45, 7) is 1.80. The molecular formula is C9H7Cl2NO2S. The van der Waals surface area contributed by atoms with Crippen molar-refractivity contribution in [3.8, 4) is 0 Å². The van der Waals surface area contributed by atoms with E-state index in [0.717, 1.165) is 5.56 Å². The highest BCUT2D eigenvalue weighted by atomic mass is 35.7. The van der Waals surface area contributed by atoms with Crippen LogP contribution in [0.4, 0.5) is 0 Å². The average molecular weight is 264 g/mol. The Morgan fingerprint density at radius 2 is 2.00 bits per heavy atom. The van der Waals surface area contributed by atoms with Gasteiger partial charge in [-0.25, -0.2) is 8.42 Å². The van der Waals surface area contributed by atoms with Crippen LogP contribution in [0.2, 0.25) is 5.02 Å². The average Bonchev–Trinajstić information content (AvgIpc) is 2.54. The van der Waals surface area contributed by atoms with E-state index in [1.807, 2.05) is 6.07 Å². The summed E-state index contributed by atoms with van der Waals surface area (Å²) in [6, 6.07) is 3.58. The molecule has 0 aliphatic carbocycles. The summed E-state index contributed by atoms with van der Waals surface area (Å²) in [5, 5.41) is 0.861. The Hall–Kier alpha value is -0.710. The third kappa shape index (κ3) is 1.73. The minimum Gasteiger partial charge on any atom is -0.360 e. The molecule has 80 valence electrons. The molecule has 6 heteroatoms. The molecular weight excluding hydrogens is 257 g/mol. The van der Waals surface area contributed by atoms with E-state index in [2.05, 4.69) is 4.98 Å². The van der Waals surface area contributed by atoms with E-state index < -0.39 is 9.05 Å². The Balaban J connectivity index is 2.96. The van der Waals surface area contributed by atoms with Crippen molar-refractivity contribution >= 4 is 42.2 Å². The minimum atomic E-state index is -3.77. The first-order valence-corrected chi connectivity index (χ1v) is 6.81. The summed E-state index contributed by atoms with van der Waals surface area (Å²) < 4.78 is 22.5. The molecule has 0 atom stereocenters. The molecule has 0 saturated carbocycles. The molecule has 1 aromatic carbocycles. The monoisotopic (exact) mass is 263 g/mol. The van der Waals surface area contributed by atoms with E-state index in [1.54, 1.807) is 13.0 Å². The minimum absolute atomic E-state index is 0.0212. The van der Waals surface area contributed by atoms with Crippen LogP contribution in [-0.2, 0) is 9.05 Å². The number of benzene rings is 1. The molecule has 0 unspecified atom stereocenters.